The lowest BCUT2D eigenvalue weighted by atomic mass is 9.79. The summed E-state index contributed by atoms with van der Waals surface area (Å²) in [5.74, 6) is -1.05. The molecule has 1 rings (SSSR count). The average Bonchev–Trinajstić information content (AvgIpc) is 2.43. The van der Waals surface area contributed by atoms with E-state index < -0.39 is 36.4 Å². The minimum atomic E-state index is -1.69. The highest BCUT2D eigenvalue weighted by molar-refractivity contribution is 5.81. The van der Waals surface area contributed by atoms with Crippen molar-refractivity contribution < 1.29 is 24.1 Å². The Balaban J connectivity index is 2.69. The van der Waals surface area contributed by atoms with Gasteiger partial charge in [0, 0.05) is 25.6 Å². The molecular weight excluding hydrogens is 269 g/mol. The van der Waals surface area contributed by atoms with Crippen LogP contribution in [0.25, 0.3) is 0 Å². The van der Waals surface area contributed by atoms with Crippen LogP contribution in [0.5, 0.6) is 0 Å². The Kier molecular flexibility index (Phi) is 6.28. The number of hydrogen-bond acceptors (Lipinski definition) is 6. The zero-order valence-corrected chi connectivity index (χ0v) is 11.7. The second kappa shape index (κ2) is 7.28. The number of nitrogens with one attached hydrogen (secondary N) is 1. The smallest absolute Gasteiger partial charge is 0.251 e. The lowest BCUT2D eigenvalue weighted by Gasteiger charge is -2.41. The topological polar surface area (TPSA) is 131 Å². The van der Waals surface area contributed by atoms with Crippen molar-refractivity contribution in [2.45, 2.75) is 49.9 Å². The maximum Gasteiger partial charge on any atom is 0.251 e. The summed E-state index contributed by atoms with van der Waals surface area (Å²) in [5.41, 5.74) is 11.1. The molecule has 20 heavy (non-hydrogen) atoms. The molecule has 3 unspecified atom stereocenters. The minimum Gasteiger partial charge on any atom is -0.389 e. The summed E-state index contributed by atoms with van der Waals surface area (Å²) in [7, 11) is 1.39. The summed E-state index contributed by atoms with van der Waals surface area (Å²) >= 11 is 0. The normalized spacial score (nSPS) is 37.2. The van der Waals surface area contributed by atoms with Gasteiger partial charge in [0.1, 0.15) is 12.3 Å². The molecule has 1 amide bonds. The van der Waals surface area contributed by atoms with Crippen LogP contribution in [0.15, 0.2) is 0 Å². The van der Waals surface area contributed by atoms with Crippen molar-refractivity contribution >= 4 is 5.91 Å². The number of aliphatic hydroxyl groups is 2. The molecule has 118 valence electrons. The molecule has 0 aromatic rings. The molecule has 0 aromatic heterocycles. The van der Waals surface area contributed by atoms with Gasteiger partial charge in [-0.05, 0) is 6.42 Å². The molecule has 0 saturated heterocycles. The fourth-order valence-corrected chi connectivity index (χ4v) is 2.46. The summed E-state index contributed by atoms with van der Waals surface area (Å²) in [6.07, 6.45) is -4.99. The predicted molar refractivity (Wildman–Crippen MR) is 70.4 cm³/mol. The SMILES string of the molecule is CO[C@@H]1C(F)[C@H](NC(=O)C(O)C(O)CN)C[C@H](N)[C@H]1C. The first-order valence-electron chi connectivity index (χ1n) is 6.62. The van der Waals surface area contributed by atoms with E-state index >= 15 is 0 Å². The molecule has 8 heteroatoms. The number of ether oxygens (including phenoxy) is 1. The van der Waals surface area contributed by atoms with E-state index in [0.29, 0.717) is 0 Å². The fraction of sp³-hybridized carbons (Fsp3) is 0.917. The van der Waals surface area contributed by atoms with Crippen LogP contribution in [0.3, 0.4) is 0 Å². The number of rotatable bonds is 5. The number of amides is 1. The molecule has 7 atom stereocenters. The van der Waals surface area contributed by atoms with Gasteiger partial charge in [-0.25, -0.2) is 4.39 Å². The van der Waals surface area contributed by atoms with Crippen molar-refractivity contribution in [3.63, 3.8) is 0 Å². The van der Waals surface area contributed by atoms with E-state index in [1.807, 2.05) is 0 Å². The van der Waals surface area contributed by atoms with Crippen molar-refractivity contribution in [1.29, 1.82) is 0 Å². The first-order chi connectivity index (χ1) is 9.33. The highest BCUT2D eigenvalue weighted by Crippen LogP contribution is 2.28. The number of alkyl halides is 1. The van der Waals surface area contributed by atoms with Crippen LogP contribution in [0.1, 0.15) is 13.3 Å². The summed E-state index contributed by atoms with van der Waals surface area (Å²) in [6.45, 7) is 1.52. The van der Waals surface area contributed by atoms with Gasteiger partial charge in [-0.1, -0.05) is 6.92 Å². The van der Waals surface area contributed by atoms with E-state index in [4.69, 9.17) is 16.2 Å². The van der Waals surface area contributed by atoms with Crippen LogP contribution in [0.2, 0.25) is 0 Å². The Bertz CT molecular complexity index is 334. The van der Waals surface area contributed by atoms with E-state index in [2.05, 4.69) is 5.32 Å². The summed E-state index contributed by atoms with van der Waals surface area (Å²) in [6, 6.07) is -1.19. The predicted octanol–water partition coefficient (Wildman–Crippen LogP) is -2.13. The van der Waals surface area contributed by atoms with Crippen molar-refractivity contribution in [3.8, 4) is 0 Å². The number of nitrogens with two attached hydrogens (primary N) is 2. The number of aliphatic hydroxyl groups excluding tert-OH is 2. The quantitative estimate of drug-likeness (QED) is 0.393. The Morgan fingerprint density at radius 3 is 2.65 bits per heavy atom. The summed E-state index contributed by atoms with van der Waals surface area (Å²) in [5, 5.41) is 21.2. The molecule has 7 N–H and O–H groups in total. The Hall–Kier alpha value is -0.800. The third-order valence-electron chi connectivity index (χ3n) is 3.89. The van der Waals surface area contributed by atoms with E-state index in [1.54, 1.807) is 6.92 Å². The second-order valence-corrected chi connectivity index (χ2v) is 5.27. The number of carbonyl (C=O) groups is 1. The largest absolute Gasteiger partial charge is 0.389 e. The third-order valence-corrected chi connectivity index (χ3v) is 3.89. The van der Waals surface area contributed by atoms with Gasteiger partial charge in [0.25, 0.3) is 5.91 Å². The maximum atomic E-state index is 14.3. The molecule has 1 fully saturated rings. The molecule has 0 aliphatic heterocycles. The van der Waals surface area contributed by atoms with E-state index in [-0.39, 0.29) is 24.9 Å². The van der Waals surface area contributed by atoms with Crippen LogP contribution in [0.4, 0.5) is 4.39 Å². The average molecular weight is 293 g/mol. The van der Waals surface area contributed by atoms with Crippen LogP contribution in [-0.4, -0.2) is 66.3 Å². The van der Waals surface area contributed by atoms with Gasteiger partial charge in [0.15, 0.2) is 6.10 Å². The molecule has 0 aromatic carbocycles. The molecule has 1 saturated carbocycles. The zero-order valence-electron chi connectivity index (χ0n) is 11.7. The Morgan fingerprint density at radius 2 is 2.15 bits per heavy atom. The van der Waals surface area contributed by atoms with E-state index in [1.165, 1.54) is 7.11 Å². The maximum absolute atomic E-state index is 14.3. The number of halogens is 1. The highest BCUT2D eigenvalue weighted by Gasteiger charge is 2.43. The van der Waals surface area contributed by atoms with Gasteiger partial charge < -0.3 is 31.7 Å². The third kappa shape index (κ3) is 3.64. The first-order valence-corrected chi connectivity index (χ1v) is 6.62. The van der Waals surface area contributed by atoms with Crippen molar-refractivity contribution in [3.05, 3.63) is 0 Å². The van der Waals surface area contributed by atoms with Crippen LogP contribution in [0, 0.1) is 5.92 Å². The molecular formula is C12H24FN3O4. The second-order valence-electron chi connectivity index (χ2n) is 5.27. The zero-order chi connectivity index (χ0) is 15.4. The van der Waals surface area contributed by atoms with Crippen LogP contribution < -0.4 is 16.8 Å². The number of carbonyl (C=O) groups excluding carboxylic acids is 1. The minimum absolute atomic E-state index is 0.178. The highest BCUT2D eigenvalue weighted by atomic mass is 19.1. The fourth-order valence-electron chi connectivity index (χ4n) is 2.46. The van der Waals surface area contributed by atoms with Gasteiger partial charge in [-0.15, -0.1) is 0 Å². The molecule has 0 spiro atoms. The molecule has 0 heterocycles. The summed E-state index contributed by atoms with van der Waals surface area (Å²) < 4.78 is 19.4. The van der Waals surface area contributed by atoms with E-state index in [9.17, 15) is 19.4 Å². The summed E-state index contributed by atoms with van der Waals surface area (Å²) in [4.78, 5) is 11.7. The lowest BCUT2D eigenvalue weighted by molar-refractivity contribution is -0.137. The molecule has 7 nitrogen and oxygen atoms in total. The van der Waals surface area contributed by atoms with Crippen LogP contribution >= 0.6 is 0 Å². The molecule has 0 bridgehead atoms. The van der Waals surface area contributed by atoms with Gasteiger partial charge in [-0.2, -0.15) is 0 Å². The van der Waals surface area contributed by atoms with Crippen molar-refractivity contribution in [1.82, 2.24) is 5.32 Å². The van der Waals surface area contributed by atoms with Gasteiger partial charge >= 0.3 is 0 Å². The van der Waals surface area contributed by atoms with Crippen molar-refractivity contribution in [2.24, 2.45) is 17.4 Å². The molecule has 1 aliphatic carbocycles. The Labute approximate surface area is 117 Å². The van der Waals surface area contributed by atoms with E-state index in [0.717, 1.165) is 0 Å². The molecule has 0 radical (unpaired) electrons. The van der Waals surface area contributed by atoms with Crippen LogP contribution in [-0.2, 0) is 9.53 Å². The monoisotopic (exact) mass is 293 g/mol. The standard InChI is InChI=1S/C12H24FN3O4/c1-5-6(15)3-7(9(13)11(5)20-2)16-12(19)10(18)8(17)4-14/h5-11,17-18H,3-4,14-15H2,1-2H3,(H,16,19)/t5-,6+,7-,8?,9?,10?,11+/m1/s1. The lowest BCUT2D eigenvalue weighted by Crippen LogP contribution is -2.60. The first kappa shape index (κ1) is 17.3. The van der Waals surface area contributed by atoms with Crippen molar-refractivity contribution in [2.75, 3.05) is 13.7 Å². The number of methoxy groups -OCH3 is 1. The van der Waals surface area contributed by atoms with Gasteiger partial charge in [0.2, 0.25) is 0 Å². The van der Waals surface area contributed by atoms with Gasteiger partial charge in [-0.3, -0.25) is 4.79 Å². The van der Waals surface area contributed by atoms with Gasteiger partial charge in [0.05, 0.1) is 12.1 Å². The number of hydrogen-bond donors (Lipinski definition) is 5. The Morgan fingerprint density at radius 1 is 1.55 bits per heavy atom. The molecule has 1 aliphatic rings.